The number of aromatic nitrogens is 1. The largest absolute Gasteiger partial charge is 0.372 e. The average Bonchev–Trinajstić information content (AvgIpc) is 2.49. The third kappa shape index (κ3) is 7.68. The topological polar surface area (TPSA) is 34.1 Å². The SMILES string of the molecule is CCCCCCC(C)OCc1nc(NCCC)ccc1Cl. The maximum atomic E-state index is 6.19. The molecule has 120 valence electrons. The van der Waals surface area contributed by atoms with Crippen molar-refractivity contribution in [3.63, 3.8) is 0 Å². The van der Waals surface area contributed by atoms with Crippen molar-refractivity contribution in [1.29, 1.82) is 0 Å². The molecule has 1 rings (SSSR count). The van der Waals surface area contributed by atoms with Crippen LogP contribution in [0.4, 0.5) is 5.82 Å². The molecular formula is C17H29ClN2O. The first-order chi connectivity index (χ1) is 10.2. The number of nitrogens with one attached hydrogen (secondary N) is 1. The fourth-order valence-corrected chi connectivity index (χ4v) is 2.26. The molecule has 0 aromatic carbocycles. The number of halogens is 1. The lowest BCUT2D eigenvalue weighted by molar-refractivity contribution is 0.0441. The van der Waals surface area contributed by atoms with Crippen molar-refractivity contribution in [3.8, 4) is 0 Å². The third-order valence-corrected chi connectivity index (χ3v) is 3.79. The predicted octanol–water partition coefficient (Wildman–Crippen LogP) is 5.43. The molecule has 1 unspecified atom stereocenters. The maximum absolute atomic E-state index is 6.19. The van der Waals surface area contributed by atoms with Gasteiger partial charge in [-0.3, -0.25) is 0 Å². The average molecular weight is 313 g/mol. The van der Waals surface area contributed by atoms with Crippen LogP contribution in [0.15, 0.2) is 12.1 Å². The second kappa shape index (κ2) is 10.9. The summed E-state index contributed by atoms with van der Waals surface area (Å²) < 4.78 is 5.87. The lowest BCUT2D eigenvalue weighted by atomic mass is 10.1. The lowest BCUT2D eigenvalue weighted by Gasteiger charge is -2.14. The minimum Gasteiger partial charge on any atom is -0.372 e. The number of nitrogens with zero attached hydrogens (tertiary/aromatic N) is 1. The minimum atomic E-state index is 0.256. The standard InChI is InChI=1S/C17H29ClN2O/c1-4-6-7-8-9-14(3)21-13-16-15(18)10-11-17(20-16)19-12-5-2/h10-11,14H,4-9,12-13H2,1-3H3,(H,19,20). The van der Waals surface area contributed by atoms with Crippen LogP contribution in [0.25, 0.3) is 0 Å². The van der Waals surface area contributed by atoms with Gasteiger partial charge in [0.2, 0.25) is 0 Å². The molecule has 0 saturated carbocycles. The number of ether oxygens (including phenoxy) is 1. The first-order valence-electron chi connectivity index (χ1n) is 8.18. The van der Waals surface area contributed by atoms with Gasteiger partial charge in [-0.2, -0.15) is 0 Å². The molecule has 0 spiro atoms. The summed E-state index contributed by atoms with van der Waals surface area (Å²) in [6.07, 6.45) is 7.54. The van der Waals surface area contributed by atoms with Gasteiger partial charge in [0.05, 0.1) is 23.4 Å². The zero-order valence-corrected chi connectivity index (χ0v) is 14.4. The minimum absolute atomic E-state index is 0.256. The molecule has 3 nitrogen and oxygen atoms in total. The Labute approximate surface area is 134 Å². The predicted molar refractivity (Wildman–Crippen MR) is 91.0 cm³/mol. The molecule has 0 bridgehead atoms. The van der Waals surface area contributed by atoms with Gasteiger partial charge in [-0.05, 0) is 31.9 Å². The molecule has 1 heterocycles. The van der Waals surface area contributed by atoms with Crippen LogP contribution >= 0.6 is 11.6 Å². The van der Waals surface area contributed by atoms with E-state index in [0.29, 0.717) is 11.6 Å². The molecule has 0 fully saturated rings. The van der Waals surface area contributed by atoms with Crippen molar-refractivity contribution in [2.75, 3.05) is 11.9 Å². The van der Waals surface area contributed by atoms with Crippen LogP contribution < -0.4 is 5.32 Å². The van der Waals surface area contributed by atoms with Gasteiger partial charge >= 0.3 is 0 Å². The summed E-state index contributed by atoms with van der Waals surface area (Å²) in [5, 5.41) is 3.95. The lowest BCUT2D eigenvalue weighted by Crippen LogP contribution is -2.10. The normalized spacial score (nSPS) is 12.4. The zero-order valence-electron chi connectivity index (χ0n) is 13.6. The van der Waals surface area contributed by atoms with Gasteiger partial charge in [0.25, 0.3) is 0 Å². The Balaban J connectivity index is 2.39. The van der Waals surface area contributed by atoms with Crippen LogP contribution in [0, 0.1) is 0 Å². The second-order valence-corrected chi connectivity index (χ2v) is 5.93. The van der Waals surface area contributed by atoms with E-state index in [9.17, 15) is 0 Å². The van der Waals surface area contributed by atoms with Gasteiger partial charge in [-0.15, -0.1) is 0 Å². The molecule has 21 heavy (non-hydrogen) atoms. The van der Waals surface area contributed by atoms with Gasteiger partial charge < -0.3 is 10.1 Å². The monoisotopic (exact) mass is 312 g/mol. The van der Waals surface area contributed by atoms with Crippen LogP contribution in [0.3, 0.4) is 0 Å². The van der Waals surface area contributed by atoms with E-state index in [1.165, 1.54) is 25.7 Å². The smallest absolute Gasteiger partial charge is 0.126 e. The van der Waals surface area contributed by atoms with Crippen LogP contribution in [0.1, 0.15) is 65.0 Å². The summed E-state index contributed by atoms with van der Waals surface area (Å²) in [6, 6.07) is 3.80. The number of rotatable bonds is 11. The van der Waals surface area contributed by atoms with E-state index in [1.807, 2.05) is 12.1 Å². The Morgan fingerprint density at radius 3 is 2.71 bits per heavy atom. The fraction of sp³-hybridized carbons (Fsp3) is 0.706. The molecule has 1 aromatic heterocycles. The molecule has 0 amide bonds. The molecule has 0 aliphatic heterocycles. The summed E-state index contributed by atoms with van der Waals surface area (Å²) in [7, 11) is 0. The molecule has 4 heteroatoms. The van der Waals surface area contributed by atoms with Crippen molar-refractivity contribution in [2.24, 2.45) is 0 Å². The van der Waals surface area contributed by atoms with Crippen molar-refractivity contribution in [2.45, 2.75) is 72.0 Å². The van der Waals surface area contributed by atoms with E-state index in [1.54, 1.807) is 0 Å². The first-order valence-corrected chi connectivity index (χ1v) is 8.56. The van der Waals surface area contributed by atoms with Crippen molar-refractivity contribution >= 4 is 17.4 Å². The Bertz CT molecular complexity index is 398. The highest BCUT2D eigenvalue weighted by atomic mass is 35.5. The van der Waals surface area contributed by atoms with E-state index in [2.05, 4.69) is 31.1 Å². The molecule has 0 aliphatic carbocycles. The Morgan fingerprint density at radius 2 is 2.00 bits per heavy atom. The van der Waals surface area contributed by atoms with Crippen molar-refractivity contribution < 1.29 is 4.74 Å². The third-order valence-electron chi connectivity index (χ3n) is 3.44. The first kappa shape index (κ1) is 18.2. The summed E-state index contributed by atoms with van der Waals surface area (Å²) in [4.78, 5) is 4.52. The maximum Gasteiger partial charge on any atom is 0.126 e. The van der Waals surface area contributed by atoms with Crippen molar-refractivity contribution in [3.05, 3.63) is 22.8 Å². The van der Waals surface area contributed by atoms with Crippen LogP contribution in [-0.4, -0.2) is 17.6 Å². The van der Waals surface area contributed by atoms with Gasteiger partial charge in [-0.25, -0.2) is 4.98 Å². The Morgan fingerprint density at radius 1 is 1.19 bits per heavy atom. The number of hydrogen-bond donors (Lipinski definition) is 1. The fourth-order valence-electron chi connectivity index (χ4n) is 2.10. The molecule has 1 atom stereocenters. The molecule has 0 aliphatic rings. The second-order valence-electron chi connectivity index (χ2n) is 5.52. The molecule has 0 saturated heterocycles. The molecule has 0 radical (unpaired) electrons. The van der Waals surface area contributed by atoms with Crippen LogP contribution in [0.2, 0.25) is 5.02 Å². The summed E-state index contributed by atoms with van der Waals surface area (Å²) in [5.41, 5.74) is 0.818. The zero-order chi connectivity index (χ0) is 15.5. The molecular weight excluding hydrogens is 284 g/mol. The van der Waals surface area contributed by atoms with E-state index < -0.39 is 0 Å². The highest BCUT2D eigenvalue weighted by Crippen LogP contribution is 2.19. The van der Waals surface area contributed by atoms with E-state index in [0.717, 1.165) is 30.9 Å². The summed E-state index contributed by atoms with van der Waals surface area (Å²) >= 11 is 6.19. The van der Waals surface area contributed by atoms with Gasteiger partial charge in [0.1, 0.15) is 5.82 Å². The van der Waals surface area contributed by atoms with Crippen molar-refractivity contribution in [1.82, 2.24) is 4.98 Å². The number of pyridine rings is 1. The molecule has 1 aromatic rings. The number of anilines is 1. The van der Waals surface area contributed by atoms with Gasteiger partial charge in [0.15, 0.2) is 0 Å². The Kier molecular flexibility index (Phi) is 9.44. The van der Waals surface area contributed by atoms with Crippen LogP contribution in [0.5, 0.6) is 0 Å². The molecule has 1 N–H and O–H groups in total. The summed E-state index contributed by atoms with van der Waals surface area (Å²) in [6.45, 7) is 7.89. The quantitative estimate of drug-likeness (QED) is 0.553. The van der Waals surface area contributed by atoms with Crippen LogP contribution in [-0.2, 0) is 11.3 Å². The van der Waals surface area contributed by atoms with E-state index >= 15 is 0 Å². The number of unbranched alkanes of at least 4 members (excludes halogenated alkanes) is 3. The Hall–Kier alpha value is -0.800. The van der Waals surface area contributed by atoms with E-state index in [4.69, 9.17) is 16.3 Å². The van der Waals surface area contributed by atoms with E-state index in [-0.39, 0.29) is 6.10 Å². The summed E-state index contributed by atoms with van der Waals surface area (Å²) in [5.74, 6) is 0.871. The van der Waals surface area contributed by atoms with Gasteiger partial charge in [0, 0.05) is 6.54 Å². The highest BCUT2D eigenvalue weighted by Gasteiger charge is 2.07. The number of hydrogen-bond acceptors (Lipinski definition) is 3. The highest BCUT2D eigenvalue weighted by molar-refractivity contribution is 6.31. The van der Waals surface area contributed by atoms with Gasteiger partial charge in [-0.1, -0.05) is 51.1 Å².